The van der Waals surface area contributed by atoms with Crippen molar-refractivity contribution in [2.24, 2.45) is 0 Å². The van der Waals surface area contributed by atoms with Crippen LogP contribution in [0, 0.1) is 0 Å². The molecule has 11 aromatic rings. The second-order valence-corrected chi connectivity index (χ2v) is 13.8. The predicted octanol–water partition coefficient (Wildman–Crippen LogP) is 13.0. The fourth-order valence-corrected chi connectivity index (χ4v) is 8.32. The zero-order valence-corrected chi connectivity index (χ0v) is 29.8. The summed E-state index contributed by atoms with van der Waals surface area (Å²) in [6, 6.07) is 68.5. The van der Waals surface area contributed by atoms with Gasteiger partial charge in [0, 0.05) is 44.2 Å². The number of benzene rings is 8. The van der Waals surface area contributed by atoms with Crippen LogP contribution in [-0.2, 0) is 0 Å². The number of nitrogens with zero attached hydrogens (tertiary/aromatic N) is 5. The van der Waals surface area contributed by atoms with E-state index >= 15 is 0 Å². The summed E-state index contributed by atoms with van der Waals surface area (Å²) in [5.74, 6) is 0. The fourth-order valence-electron chi connectivity index (χ4n) is 8.32. The summed E-state index contributed by atoms with van der Waals surface area (Å²) in [5.41, 5.74) is 13.3. The van der Waals surface area contributed by atoms with Crippen LogP contribution in [0.15, 0.2) is 200 Å². The number of para-hydroxylation sites is 6. The van der Waals surface area contributed by atoms with Crippen LogP contribution < -0.4 is 4.90 Å². The monoisotopic (exact) mass is 703 g/mol. The molecule has 3 heterocycles. The molecule has 0 spiro atoms. The van der Waals surface area contributed by atoms with Gasteiger partial charge in [-0.1, -0.05) is 121 Å². The highest BCUT2D eigenvalue weighted by atomic mass is 15.1. The molecule has 0 saturated carbocycles. The molecule has 0 aliphatic carbocycles. The first-order valence-electron chi connectivity index (χ1n) is 18.6. The highest BCUT2D eigenvalue weighted by Crippen LogP contribution is 2.40. The summed E-state index contributed by atoms with van der Waals surface area (Å²) in [7, 11) is 0. The first-order chi connectivity index (χ1) is 27.3. The summed E-state index contributed by atoms with van der Waals surface area (Å²) >= 11 is 0. The quantitative estimate of drug-likeness (QED) is 0.173. The van der Waals surface area contributed by atoms with Crippen LogP contribution in [-0.4, -0.2) is 19.1 Å². The molecule has 3 aromatic heterocycles. The van der Waals surface area contributed by atoms with Crippen LogP contribution in [0.4, 0.5) is 17.1 Å². The van der Waals surface area contributed by atoms with Gasteiger partial charge in [0.2, 0.25) is 0 Å². The van der Waals surface area contributed by atoms with Gasteiger partial charge in [-0.3, -0.25) is 4.98 Å². The van der Waals surface area contributed by atoms with Crippen LogP contribution in [0.3, 0.4) is 0 Å². The molecule has 0 amide bonds. The summed E-state index contributed by atoms with van der Waals surface area (Å²) < 4.78 is 4.69. The van der Waals surface area contributed by atoms with Gasteiger partial charge in [0.15, 0.2) is 0 Å². The second kappa shape index (κ2) is 12.6. The van der Waals surface area contributed by atoms with Crippen molar-refractivity contribution in [1.29, 1.82) is 0 Å². The van der Waals surface area contributed by atoms with Crippen molar-refractivity contribution in [1.82, 2.24) is 19.1 Å². The summed E-state index contributed by atoms with van der Waals surface area (Å²) in [5, 5.41) is 4.84. The topological polar surface area (TPSA) is 38.9 Å². The lowest BCUT2D eigenvalue weighted by molar-refractivity contribution is 1.14. The predicted molar refractivity (Wildman–Crippen MR) is 228 cm³/mol. The Kier molecular flexibility index (Phi) is 7.10. The lowest BCUT2D eigenvalue weighted by Crippen LogP contribution is -2.09. The van der Waals surface area contributed by atoms with Crippen LogP contribution in [0.2, 0.25) is 0 Å². The fraction of sp³-hybridized carbons (Fsp3) is 0. The van der Waals surface area contributed by atoms with Crippen molar-refractivity contribution in [2.75, 3.05) is 4.90 Å². The maximum atomic E-state index is 5.53. The first-order valence-corrected chi connectivity index (χ1v) is 18.6. The highest BCUT2D eigenvalue weighted by Gasteiger charge is 2.21. The SMILES string of the molecule is c1ccc(N(c2ccccc2)c2ccc(-c3cnc4c(-n5c6ccccc6c6ccccc65)ccc(-n5c6ccccc6c6ccccc65)c4n3)cc2)cc1. The molecule has 5 heteroatoms. The van der Waals surface area contributed by atoms with Gasteiger partial charge >= 0.3 is 0 Å². The molecule has 0 saturated heterocycles. The van der Waals surface area contributed by atoms with Crippen LogP contribution >= 0.6 is 0 Å². The molecule has 0 unspecified atom stereocenters. The largest absolute Gasteiger partial charge is 0.311 e. The number of rotatable bonds is 6. The van der Waals surface area contributed by atoms with Gasteiger partial charge in [-0.2, -0.15) is 0 Å². The zero-order chi connectivity index (χ0) is 36.3. The molecule has 0 atom stereocenters. The zero-order valence-electron chi connectivity index (χ0n) is 29.8. The Labute approximate surface area is 317 Å². The van der Waals surface area contributed by atoms with E-state index in [0.717, 1.165) is 72.8 Å². The van der Waals surface area contributed by atoms with Crippen molar-refractivity contribution in [3.8, 4) is 22.6 Å². The van der Waals surface area contributed by atoms with E-state index in [9.17, 15) is 0 Å². The van der Waals surface area contributed by atoms with Gasteiger partial charge in [-0.05, 0) is 72.8 Å². The number of hydrogen-bond donors (Lipinski definition) is 0. The van der Waals surface area contributed by atoms with Crippen molar-refractivity contribution < 1.29 is 0 Å². The normalized spacial score (nSPS) is 11.6. The van der Waals surface area contributed by atoms with Gasteiger partial charge in [-0.15, -0.1) is 0 Å². The molecule has 0 fully saturated rings. The van der Waals surface area contributed by atoms with Gasteiger partial charge in [0.1, 0.15) is 11.0 Å². The smallest absolute Gasteiger partial charge is 0.116 e. The second-order valence-electron chi connectivity index (χ2n) is 13.8. The van der Waals surface area contributed by atoms with Gasteiger partial charge < -0.3 is 14.0 Å². The third-order valence-corrected chi connectivity index (χ3v) is 10.7. The van der Waals surface area contributed by atoms with Gasteiger partial charge in [0.25, 0.3) is 0 Å². The van der Waals surface area contributed by atoms with E-state index in [1.54, 1.807) is 0 Å². The first kappa shape index (κ1) is 31.1. The third-order valence-electron chi connectivity index (χ3n) is 10.7. The lowest BCUT2D eigenvalue weighted by atomic mass is 10.1. The van der Waals surface area contributed by atoms with Gasteiger partial charge in [0.05, 0.1) is 45.3 Å². The van der Waals surface area contributed by atoms with Crippen molar-refractivity contribution >= 4 is 71.7 Å². The summed E-state index contributed by atoms with van der Waals surface area (Å²) in [6.45, 7) is 0. The molecular formula is C50H33N5. The minimum Gasteiger partial charge on any atom is -0.311 e. The van der Waals surface area contributed by atoms with E-state index in [1.807, 2.05) is 6.20 Å². The molecular weight excluding hydrogens is 671 g/mol. The third kappa shape index (κ3) is 4.94. The molecule has 0 radical (unpaired) electrons. The average molecular weight is 704 g/mol. The van der Waals surface area contributed by atoms with E-state index in [0.29, 0.717) is 0 Å². The summed E-state index contributed by atoms with van der Waals surface area (Å²) in [4.78, 5) is 13.1. The number of fused-ring (bicyclic) bond motifs is 7. The van der Waals surface area contributed by atoms with Crippen LogP contribution in [0.25, 0.3) is 77.3 Å². The summed E-state index contributed by atoms with van der Waals surface area (Å²) in [6.07, 6.45) is 1.93. The van der Waals surface area contributed by atoms with Crippen LogP contribution in [0.1, 0.15) is 0 Å². The molecule has 0 bridgehead atoms. The van der Waals surface area contributed by atoms with E-state index in [4.69, 9.17) is 9.97 Å². The van der Waals surface area contributed by atoms with E-state index < -0.39 is 0 Å². The van der Waals surface area contributed by atoms with Crippen molar-refractivity contribution in [2.45, 2.75) is 0 Å². The molecule has 5 nitrogen and oxygen atoms in total. The Morgan fingerprint density at radius 1 is 0.345 bits per heavy atom. The molecule has 0 aliphatic rings. The number of anilines is 3. The van der Waals surface area contributed by atoms with Crippen molar-refractivity contribution in [3.63, 3.8) is 0 Å². The Balaban J connectivity index is 1.14. The van der Waals surface area contributed by atoms with E-state index in [1.165, 1.54) is 21.5 Å². The molecule has 258 valence electrons. The molecule has 0 aliphatic heterocycles. The van der Waals surface area contributed by atoms with Crippen LogP contribution in [0.5, 0.6) is 0 Å². The number of aromatic nitrogens is 4. The Morgan fingerprint density at radius 2 is 0.727 bits per heavy atom. The average Bonchev–Trinajstić information content (AvgIpc) is 3.77. The number of hydrogen-bond acceptors (Lipinski definition) is 3. The minimum absolute atomic E-state index is 0.811. The molecule has 55 heavy (non-hydrogen) atoms. The van der Waals surface area contributed by atoms with Gasteiger partial charge in [-0.25, -0.2) is 4.98 Å². The van der Waals surface area contributed by atoms with E-state index in [-0.39, 0.29) is 0 Å². The minimum atomic E-state index is 0.811. The molecule has 0 N–H and O–H groups in total. The Morgan fingerprint density at radius 3 is 1.18 bits per heavy atom. The lowest BCUT2D eigenvalue weighted by Gasteiger charge is -2.25. The highest BCUT2D eigenvalue weighted by molar-refractivity contribution is 6.12. The standard InChI is InChI=1S/C50H33N5/c1-3-15-35(16-4-1)53(36-17-5-2-6-18-36)37-29-27-34(28-30-37)42-33-51-49-47(54-43-23-11-7-19-38(43)39-20-8-12-24-44(39)54)31-32-48(50(49)52-42)55-45-25-13-9-21-40(45)41-22-10-14-26-46(41)55/h1-33H. The molecule has 11 rings (SSSR count). The Hall–Kier alpha value is -7.50. The Bertz CT molecular complexity index is 3050. The maximum Gasteiger partial charge on any atom is 0.116 e. The maximum absolute atomic E-state index is 5.53. The van der Waals surface area contributed by atoms with E-state index in [2.05, 4.69) is 208 Å². The van der Waals surface area contributed by atoms with Crippen molar-refractivity contribution in [3.05, 3.63) is 200 Å². The molecule has 8 aromatic carbocycles.